The third kappa shape index (κ3) is 5.07. The van der Waals surface area contributed by atoms with Crippen LogP contribution in [0.25, 0.3) is 0 Å². The Hall–Kier alpha value is -4.17. The molecule has 0 atom stereocenters. The molecule has 0 unspecified atom stereocenters. The Kier molecular flexibility index (Phi) is 7.65. The molecule has 0 bridgehead atoms. The molecule has 0 saturated carbocycles. The molecule has 0 aliphatic heterocycles. The molecule has 2 aromatic carbocycles. The molecule has 0 radical (unpaired) electrons. The smallest absolute Gasteiger partial charge is 0.343 e. The molecular weight excluding hydrogens is 474 g/mol. The molecule has 9 nitrogen and oxygen atoms in total. The van der Waals surface area contributed by atoms with Gasteiger partial charge in [0.15, 0.2) is 23.1 Å². The molecule has 0 aliphatic rings. The van der Waals surface area contributed by atoms with Gasteiger partial charge in [0.2, 0.25) is 5.82 Å². The van der Waals surface area contributed by atoms with Gasteiger partial charge >= 0.3 is 5.97 Å². The third-order valence-electron chi connectivity index (χ3n) is 4.55. The summed E-state index contributed by atoms with van der Waals surface area (Å²) in [6.07, 6.45) is 1.13. The third-order valence-corrected chi connectivity index (χ3v) is 4.86. The Balaban J connectivity index is 1.99. The van der Waals surface area contributed by atoms with E-state index in [9.17, 15) is 13.6 Å². The van der Waals surface area contributed by atoms with Crippen LogP contribution in [0.15, 0.2) is 30.5 Å². The molecule has 3 rings (SSSR count). The van der Waals surface area contributed by atoms with Crippen LogP contribution in [-0.2, 0) is 11.3 Å². The maximum Gasteiger partial charge on any atom is 0.343 e. The Bertz CT molecular complexity index is 1280. The number of benzene rings is 2. The molecule has 1 N–H and O–H groups in total. The SMILES string of the molecule is COC(=O)c1cnc(C#N)nc1Nc1cc(OCc2c(OC)ccc(F)c2F)c(OC)cc1Cl. The fourth-order valence-electron chi connectivity index (χ4n) is 2.87. The molecule has 0 aliphatic carbocycles. The van der Waals surface area contributed by atoms with Crippen LogP contribution >= 0.6 is 11.6 Å². The van der Waals surface area contributed by atoms with E-state index in [0.29, 0.717) is 0 Å². The lowest BCUT2D eigenvalue weighted by Gasteiger charge is -2.17. The van der Waals surface area contributed by atoms with Gasteiger partial charge in [-0.05, 0) is 12.1 Å². The number of hydrogen-bond donors (Lipinski definition) is 1. The second-order valence-electron chi connectivity index (χ2n) is 6.50. The first kappa shape index (κ1) is 24.5. The van der Waals surface area contributed by atoms with Crippen LogP contribution in [0, 0.1) is 23.0 Å². The number of nitrogens with zero attached hydrogens (tertiary/aromatic N) is 3. The summed E-state index contributed by atoms with van der Waals surface area (Å²) in [5, 5.41) is 12.1. The Morgan fingerprint density at radius 2 is 1.88 bits per heavy atom. The first-order valence-electron chi connectivity index (χ1n) is 9.46. The van der Waals surface area contributed by atoms with Gasteiger partial charge in [-0.2, -0.15) is 5.26 Å². The summed E-state index contributed by atoms with van der Waals surface area (Å²) in [6.45, 7) is -0.399. The van der Waals surface area contributed by atoms with E-state index in [1.165, 1.54) is 39.5 Å². The topological polar surface area (TPSA) is 116 Å². The van der Waals surface area contributed by atoms with Crippen LogP contribution in [0.5, 0.6) is 17.2 Å². The standard InChI is InChI=1S/C22H17ClF2N4O5/c1-31-16-5-4-14(24)20(25)12(16)10-34-18-7-15(13(23)6-17(18)32-2)28-21-11(22(30)33-3)9-27-19(8-26)29-21/h4-7,9H,10H2,1-3H3,(H,27,28,29). The molecular formula is C22H17ClF2N4O5. The van der Waals surface area contributed by atoms with Crippen molar-refractivity contribution >= 4 is 29.1 Å². The predicted octanol–water partition coefficient (Wildman–Crippen LogP) is 4.41. The van der Waals surface area contributed by atoms with E-state index in [4.69, 9.17) is 35.8 Å². The van der Waals surface area contributed by atoms with Crippen LogP contribution in [-0.4, -0.2) is 37.3 Å². The number of aromatic nitrogens is 2. The molecule has 176 valence electrons. The van der Waals surface area contributed by atoms with Crippen molar-refractivity contribution in [2.75, 3.05) is 26.6 Å². The van der Waals surface area contributed by atoms with Gasteiger partial charge in [-0.15, -0.1) is 0 Å². The number of nitrogens with one attached hydrogen (secondary N) is 1. The van der Waals surface area contributed by atoms with Crippen molar-refractivity contribution in [3.63, 3.8) is 0 Å². The minimum absolute atomic E-state index is 0.0470. The Morgan fingerprint density at radius 3 is 2.53 bits per heavy atom. The number of ether oxygens (including phenoxy) is 4. The maximum absolute atomic E-state index is 14.3. The van der Waals surface area contributed by atoms with Gasteiger partial charge in [0, 0.05) is 18.3 Å². The van der Waals surface area contributed by atoms with Gasteiger partial charge in [0.25, 0.3) is 0 Å². The van der Waals surface area contributed by atoms with E-state index < -0.39 is 24.2 Å². The molecule has 1 heterocycles. The Labute approximate surface area is 197 Å². The minimum Gasteiger partial charge on any atom is -0.496 e. The van der Waals surface area contributed by atoms with E-state index in [0.717, 1.165) is 12.3 Å². The summed E-state index contributed by atoms with van der Waals surface area (Å²) in [5.74, 6) is -2.77. The normalized spacial score (nSPS) is 10.3. The number of nitriles is 1. The molecule has 12 heteroatoms. The number of rotatable bonds is 8. The van der Waals surface area contributed by atoms with Crippen LogP contribution in [0.1, 0.15) is 21.7 Å². The number of carbonyl (C=O) groups is 1. The fourth-order valence-corrected chi connectivity index (χ4v) is 3.07. The van der Waals surface area contributed by atoms with Gasteiger partial charge < -0.3 is 24.3 Å². The lowest BCUT2D eigenvalue weighted by molar-refractivity contribution is 0.0601. The van der Waals surface area contributed by atoms with Crippen LogP contribution in [0.4, 0.5) is 20.3 Å². The van der Waals surface area contributed by atoms with Crippen molar-refractivity contribution in [1.82, 2.24) is 9.97 Å². The molecule has 1 aromatic heterocycles. The van der Waals surface area contributed by atoms with E-state index >= 15 is 0 Å². The van der Waals surface area contributed by atoms with Crippen molar-refractivity contribution in [1.29, 1.82) is 5.26 Å². The van der Waals surface area contributed by atoms with Crippen molar-refractivity contribution in [2.45, 2.75) is 6.61 Å². The lowest BCUT2D eigenvalue weighted by Crippen LogP contribution is -2.10. The van der Waals surface area contributed by atoms with Crippen LogP contribution < -0.4 is 19.5 Å². The molecule has 0 fully saturated rings. The van der Waals surface area contributed by atoms with E-state index in [1.807, 2.05) is 0 Å². The van der Waals surface area contributed by atoms with Crippen LogP contribution in [0.3, 0.4) is 0 Å². The quantitative estimate of drug-likeness (QED) is 0.458. The minimum atomic E-state index is -1.11. The summed E-state index contributed by atoms with van der Waals surface area (Å²) >= 11 is 6.33. The highest BCUT2D eigenvalue weighted by molar-refractivity contribution is 6.33. The number of methoxy groups -OCH3 is 3. The summed E-state index contributed by atoms with van der Waals surface area (Å²) in [6, 6.07) is 6.80. The Morgan fingerprint density at radius 1 is 1.15 bits per heavy atom. The number of carbonyl (C=O) groups excluding carboxylic acids is 1. The second kappa shape index (κ2) is 10.6. The number of hydrogen-bond acceptors (Lipinski definition) is 9. The first-order chi connectivity index (χ1) is 16.3. The molecule has 0 saturated heterocycles. The van der Waals surface area contributed by atoms with Gasteiger partial charge in [-0.3, -0.25) is 0 Å². The van der Waals surface area contributed by atoms with Gasteiger partial charge in [-0.1, -0.05) is 11.6 Å². The zero-order chi connectivity index (χ0) is 24.8. The van der Waals surface area contributed by atoms with E-state index in [-0.39, 0.29) is 50.7 Å². The van der Waals surface area contributed by atoms with Crippen molar-refractivity contribution in [3.05, 3.63) is 64.1 Å². The van der Waals surface area contributed by atoms with Crippen molar-refractivity contribution in [3.8, 4) is 23.3 Å². The number of esters is 1. The van der Waals surface area contributed by atoms with Crippen molar-refractivity contribution in [2.24, 2.45) is 0 Å². The molecule has 0 amide bonds. The monoisotopic (exact) mass is 490 g/mol. The lowest BCUT2D eigenvalue weighted by atomic mass is 10.2. The summed E-state index contributed by atoms with van der Waals surface area (Å²) in [7, 11) is 3.86. The number of anilines is 2. The summed E-state index contributed by atoms with van der Waals surface area (Å²) in [4.78, 5) is 19.8. The average Bonchev–Trinajstić information content (AvgIpc) is 2.85. The molecule has 34 heavy (non-hydrogen) atoms. The zero-order valence-electron chi connectivity index (χ0n) is 18.1. The highest BCUT2D eigenvalue weighted by Gasteiger charge is 2.20. The second-order valence-corrected chi connectivity index (χ2v) is 6.91. The average molecular weight is 491 g/mol. The predicted molar refractivity (Wildman–Crippen MR) is 117 cm³/mol. The zero-order valence-corrected chi connectivity index (χ0v) is 18.9. The van der Waals surface area contributed by atoms with Crippen LogP contribution in [0.2, 0.25) is 5.02 Å². The van der Waals surface area contributed by atoms with E-state index in [2.05, 4.69) is 15.3 Å². The van der Waals surface area contributed by atoms with Gasteiger partial charge in [0.1, 0.15) is 29.8 Å². The maximum atomic E-state index is 14.3. The fraction of sp³-hybridized carbons (Fsp3) is 0.182. The highest BCUT2D eigenvalue weighted by atomic mass is 35.5. The highest BCUT2D eigenvalue weighted by Crippen LogP contribution is 2.38. The molecule has 3 aromatic rings. The summed E-state index contributed by atoms with van der Waals surface area (Å²) < 4.78 is 48.8. The van der Waals surface area contributed by atoms with Gasteiger partial charge in [0.05, 0.1) is 37.6 Å². The van der Waals surface area contributed by atoms with Crippen molar-refractivity contribution < 1.29 is 32.5 Å². The number of halogens is 3. The first-order valence-corrected chi connectivity index (χ1v) is 9.84. The largest absolute Gasteiger partial charge is 0.496 e. The summed E-state index contributed by atoms with van der Waals surface area (Å²) in [5.41, 5.74) is 0.00996. The molecule has 0 spiro atoms. The van der Waals surface area contributed by atoms with Gasteiger partial charge in [-0.25, -0.2) is 23.5 Å². The van der Waals surface area contributed by atoms with E-state index in [1.54, 1.807) is 6.07 Å².